The summed E-state index contributed by atoms with van der Waals surface area (Å²) in [5.74, 6) is -0.459. The third kappa shape index (κ3) is 1.45. The molecule has 2 N–H and O–H groups in total. The van der Waals surface area contributed by atoms with E-state index in [9.17, 15) is 9.18 Å². The van der Waals surface area contributed by atoms with Gasteiger partial charge in [-0.05, 0) is 24.3 Å². The summed E-state index contributed by atoms with van der Waals surface area (Å²) in [5, 5.41) is 1.65. The van der Waals surface area contributed by atoms with Crippen LogP contribution in [0.1, 0.15) is 0 Å². The molecule has 3 aromatic rings. The standard InChI is InChI=1S/C13H8FNO2/c14-7-1-3-9-10-4-2-8(15)6-12(10)17-13(16)11(9)5-7/h1-6H,15H2. The summed E-state index contributed by atoms with van der Waals surface area (Å²) >= 11 is 0. The summed E-state index contributed by atoms with van der Waals surface area (Å²) in [6.07, 6.45) is 0. The summed E-state index contributed by atoms with van der Waals surface area (Å²) < 4.78 is 18.2. The van der Waals surface area contributed by atoms with Gasteiger partial charge in [-0.15, -0.1) is 0 Å². The van der Waals surface area contributed by atoms with E-state index in [1.807, 2.05) is 0 Å². The van der Waals surface area contributed by atoms with E-state index >= 15 is 0 Å². The molecule has 4 heteroatoms. The molecule has 0 atom stereocenters. The van der Waals surface area contributed by atoms with E-state index in [0.717, 1.165) is 5.39 Å². The summed E-state index contributed by atoms with van der Waals surface area (Å²) in [6, 6.07) is 9.12. The quantitative estimate of drug-likeness (QED) is 0.366. The lowest BCUT2D eigenvalue weighted by Gasteiger charge is -2.03. The number of benzene rings is 2. The minimum absolute atomic E-state index is 0.238. The first-order valence-electron chi connectivity index (χ1n) is 5.07. The van der Waals surface area contributed by atoms with E-state index in [2.05, 4.69) is 0 Å². The number of nitrogens with two attached hydrogens (primary N) is 1. The van der Waals surface area contributed by atoms with Crippen LogP contribution in [0.15, 0.2) is 45.6 Å². The van der Waals surface area contributed by atoms with E-state index in [1.54, 1.807) is 24.3 Å². The first kappa shape index (κ1) is 9.84. The van der Waals surface area contributed by atoms with Gasteiger partial charge in [-0.1, -0.05) is 6.07 Å². The molecule has 0 saturated carbocycles. The maximum absolute atomic E-state index is 13.1. The van der Waals surface area contributed by atoms with Gasteiger partial charge >= 0.3 is 5.63 Å². The molecule has 0 saturated heterocycles. The summed E-state index contributed by atoms with van der Waals surface area (Å²) in [5.41, 5.74) is 5.99. The van der Waals surface area contributed by atoms with Gasteiger partial charge in [0.25, 0.3) is 0 Å². The molecule has 0 radical (unpaired) electrons. The molecule has 3 nitrogen and oxygen atoms in total. The Morgan fingerprint density at radius 1 is 1.00 bits per heavy atom. The third-order valence-electron chi connectivity index (χ3n) is 2.70. The zero-order chi connectivity index (χ0) is 12.0. The number of nitrogen functional groups attached to an aromatic ring is 1. The highest BCUT2D eigenvalue weighted by molar-refractivity contribution is 6.04. The Morgan fingerprint density at radius 2 is 1.76 bits per heavy atom. The van der Waals surface area contributed by atoms with Gasteiger partial charge in [0.05, 0.1) is 5.39 Å². The number of rotatable bonds is 0. The first-order valence-corrected chi connectivity index (χ1v) is 5.07. The largest absolute Gasteiger partial charge is 0.422 e. The highest BCUT2D eigenvalue weighted by Gasteiger charge is 2.08. The molecule has 0 unspecified atom stereocenters. The van der Waals surface area contributed by atoms with Gasteiger partial charge in [-0.25, -0.2) is 9.18 Å². The lowest BCUT2D eigenvalue weighted by molar-refractivity contribution is 0.568. The predicted molar refractivity (Wildman–Crippen MR) is 64.4 cm³/mol. The Kier molecular flexibility index (Phi) is 1.92. The van der Waals surface area contributed by atoms with Crippen LogP contribution < -0.4 is 11.4 Å². The maximum Gasteiger partial charge on any atom is 0.344 e. The molecular formula is C13H8FNO2. The molecule has 0 fully saturated rings. The van der Waals surface area contributed by atoms with Crippen molar-refractivity contribution in [1.29, 1.82) is 0 Å². The fourth-order valence-electron chi connectivity index (χ4n) is 1.92. The second-order valence-corrected chi connectivity index (χ2v) is 3.84. The zero-order valence-electron chi connectivity index (χ0n) is 8.74. The lowest BCUT2D eigenvalue weighted by atomic mass is 10.1. The second-order valence-electron chi connectivity index (χ2n) is 3.84. The topological polar surface area (TPSA) is 56.2 Å². The third-order valence-corrected chi connectivity index (χ3v) is 2.70. The number of halogens is 1. The van der Waals surface area contributed by atoms with Crippen LogP contribution in [0, 0.1) is 5.82 Å². The average Bonchev–Trinajstić information content (AvgIpc) is 2.29. The fourth-order valence-corrected chi connectivity index (χ4v) is 1.92. The van der Waals surface area contributed by atoms with Crippen LogP contribution in [0.2, 0.25) is 0 Å². The van der Waals surface area contributed by atoms with Gasteiger partial charge in [-0.2, -0.15) is 0 Å². The SMILES string of the molecule is Nc1ccc2c(c1)oc(=O)c1cc(F)ccc12. The van der Waals surface area contributed by atoms with Crippen LogP contribution in [-0.2, 0) is 0 Å². The Bertz CT molecular complexity index is 792. The van der Waals surface area contributed by atoms with Crippen molar-refractivity contribution >= 4 is 27.4 Å². The molecule has 0 aliphatic carbocycles. The predicted octanol–water partition coefficient (Wildman–Crippen LogP) is 2.67. The average molecular weight is 229 g/mol. The van der Waals surface area contributed by atoms with E-state index < -0.39 is 11.4 Å². The first-order chi connectivity index (χ1) is 8.15. The van der Waals surface area contributed by atoms with Crippen LogP contribution in [0.3, 0.4) is 0 Å². The Morgan fingerprint density at radius 3 is 2.59 bits per heavy atom. The number of fused-ring (bicyclic) bond motifs is 3. The van der Waals surface area contributed by atoms with Gasteiger partial charge in [-0.3, -0.25) is 0 Å². The molecule has 0 aliphatic rings. The summed E-state index contributed by atoms with van der Waals surface area (Å²) in [6.45, 7) is 0. The minimum Gasteiger partial charge on any atom is -0.422 e. The maximum atomic E-state index is 13.1. The molecule has 0 amide bonds. The van der Waals surface area contributed by atoms with Crippen LogP contribution in [0.5, 0.6) is 0 Å². The number of hydrogen-bond acceptors (Lipinski definition) is 3. The van der Waals surface area contributed by atoms with Crippen LogP contribution in [0.25, 0.3) is 21.7 Å². The van der Waals surface area contributed by atoms with Crippen molar-refractivity contribution in [2.24, 2.45) is 0 Å². The summed E-state index contributed by atoms with van der Waals surface area (Å²) in [7, 11) is 0. The monoisotopic (exact) mass is 229 g/mol. The van der Waals surface area contributed by atoms with Gasteiger partial charge < -0.3 is 10.2 Å². The molecule has 0 aliphatic heterocycles. The molecule has 2 aromatic carbocycles. The van der Waals surface area contributed by atoms with E-state index in [4.69, 9.17) is 10.2 Å². The smallest absolute Gasteiger partial charge is 0.344 e. The number of hydrogen-bond donors (Lipinski definition) is 1. The normalized spacial score (nSPS) is 11.1. The Balaban J connectivity index is 2.60. The lowest BCUT2D eigenvalue weighted by Crippen LogP contribution is -2.00. The van der Waals surface area contributed by atoms with Crippen molar-refractivity contribution in [2.75, 3.05) is 5.73 Å². The number of anilines is 1. The van der Waals surface area contributed by atoms with Crippen LogP contribution >= 0.6 is 0 Å². The van der Waals surface area contributed by atoms with Gasteiger partial charge in [0.1, 0.15) is 11.4 Å². The van der Waals surface area contributed by atoms with Crippen LogP contribution in [0.4, 0.5) is 10.1 Å². The van der Waals surface area contributed by atoms with Crippen LogP contribution in [-0.4, -0.2) is 0 Å². The Hall–Kier alpha value is -2.36. The second kappa shape index (κ2) is 3.31. The van der Waals surface area contributed by atoms with Crippen molar-refractivity contribution in [1.82, 2.24) is 0 Å². The Labute approximate surface area is 95.3 Å². The highest BCUT2D eigenvalue weighted by atomic mass is 19.1. The molecule has 0 spiro atoms. The summed E-state index contributed by atoms with van der Waals surface area (Å²) in [4.78, 5) is 11.7. The molecule has 1 aromatic heterocycles. The van der Waals surface area contributed by atoms with Crippen molar-refractivity contribution in [2.45, 2.75) is 0 Å². The molecule has 0 bridgehead atoms. The van der Waals surface area contributed by atoms with E-state index in [1.165, 1.54) is 12.1 Å². The van der Waals surface area contributed by atoms with E-state index in [-0.39, 0.29) is 5.39 Å². The fraction of sp³-hybridized carbons (Fsp3) is 0. The molecule has 1 heterocycles. The van der Waals surface area contributed by atoms with Gasteiger partial charge in [0, 0.05) is 22.5 Å². The molecule has 3 rings (SSSR count). The van der Waals surface area contributed by atoms with Gasteiger partial charge in [0.2, 0.25) is 0 Å². The van der Waals surface area contributed by atoms with Crippen molar-refractivity contribution in [3.05, 3.63) is 52.6 Å². The molecule has 84 valence electrons. The van der Waals surface area contributed by atoms with Gasteiger partial charge in [0.15, 0.2) is 0 Å². The van der Waals surface area contributed by atoms with Crippen molar-refractivity contribution in [3.8, 4) is 0 Å². The molecular weight excluding hydrogens is 221 g/mol. The molecule has 17 heavy (non-hydrogen) atoms. The van der Waals surface area contributed by atoms with Crippen molar-refractivity contribution in [3.63, 3.8) is 0 Å². The van der Waals surface area contributed by atoms with E-state index in [0.29, 0.717) is 16.7 Å². The zero-order valence-corrected chi connectivity index (χ0v) is 8.74. The van der Waals surface area contributed by atoms with Crippen molar-refractivity contribution < 1.29 is 8.81 Å². The minimum atomic E-state index is -0.558. The highest BCUT2D eigenvalue weighted by Crippen LogP contribution is 2.24.